The molecule has 0 fully saturated rings. The van der Waals surface area contributed by atoms with Crippen LogP contribution in [0.2, 0.25) is 0 Å². The van der Waals surface area contributed by atoms with Crippen molar-refractivity contribution in [3.8, 4) is 0 Å². The third kappa shape index (κ3) is 10.7. The molecule has 1 aromatic carbocycles. The third-order valence-corrected chi connectivity index (χ3v) is 4.54. The molecule has 0 aliphatic carbocycles. The smallest absolute Gasteiger partial charge is 0.238 e. The first kappa shape index (κ1) is 19.1. The molecule has 1 unspecified atom stereocenters. The van der Waals surface area contributed by atoms with Crippen molar-refractivity contribution in [3.05, 3.63) is 47.3 Å². The highest BCUT2D eigenvalue weighted by atomic mass is 31.2. The van der Waals surface area contributed by atoms with Crippen molar-refractivity contribution in [1.29, 1.82) is 0 Å². The third-order valence-electron chi connectivity index (χ3n) is 3.45. The maximum atomic E-state index is 6.67. The average molecular weight is 321 g/mol. The quantitative estimate of drug-likeness (QED) is 0.273. The summed E-state index contributed by atoms with van der Waals surface area (Å²) < 4.78 is 11.0. The van der Waals surface area contributed by atoms with Gasteiger partial charge >= 0.3 is 0 Å². The number of benzene rings is 1. The van der Waals surface area contributed by atoms with Crippen molar-refractivity contribution < 1.29 is 9.05 Å². The lowest BCUT2D eigenvalue weighted by molar-refractivity contribution is 0.255. The molecule has 0 saturated carbocycles. The van der Waals surface area contributed by atoms with Gasteiger partial charge in [0, 0.05) is 6.66 Å². The first-order valence-electron chi connectivity index (χ1n) is 8.19. The highest BCUT2D eigenvalue weighted by Crippen LogP contribution is 2.33. The highest BCUT2D eigenvalue weighted by molar-refractivity contribution is 7.46. The Morgan fingerprint density at radius 1 is 0.909 bits per heavy atom. The normalized spacial score (nSPS) is 12.0. The summed E-state index contributed by atoms with van der Waals surface area (Å²) in [6, 6.07) is 10.7. The van der Waals surface area contributed by atoms with Gasteiger partial charge in [-0.25, -0.2) is 6.57 Å². The SMILES string of the molecule is [C-]#[N+]CCOP(C)OCCCCCCCCc1ccccc1. The van der Waals surface area contributed by atoms with Crippen LogP contribution in [0.15, 0.2) is 30.3 Å². The van der Waals surface area contributed by atoms with E-state index in [1.807, 2.05) is 6.66 Å². The van der Waals surface area contributed by atoms with E-state index < -0.39 is 8.38 Å². The van der Waals surface area contributed by atoms with Gasteiger partial charge < -0.3 is 13.9 Å². The molecule has 0 N–H and O–H groups in total. The second-order valence-corrected chi connectivity index (χ2v) is 6.74. The van der Waals surface area contributed by atoms with E-state index in [9.17, 15) is 0 Å². The van der Waals surface area contributed by atoms with Gasteiger partial charge in [-0.2, -0.15) is 0 Å². The zero-order valence-electron chi connectivity index (χ0n) is 13.7. The number of nitrogens with zero attached hydrogens (tertiary/aromatic N) is 1. The molecule has 1 rings (SSSR count). The van der Waals surface area contributed by atoms with Crippen molar-refractivity contribution in [3.63, 3.8) is 0 Å². The van der Waals surface area contributed by atoms with E-state index in [0.717, 1.165) is 13.0 Å². The second kappa shape index (κ2) is 13.7. The molecule has 3 nitrogen and oxygen atoms in total. The van der Waals surface area contributed by atoms with Gasteiger partial charge in [0.25, 0.3) is 0 Å². The van der Waals surface area contributed by atoms with Crippen molar-refractivity contribution >= 4 is 8.38 Å². The second-order valence-electron chi connectivity index (χ2n) is 5.34. The van der Waals surface area contributed by atoms with Gasteiger partial charge in [-0.05, 0) is 24.8 Å². The van der Waals surface area contributed by atoms with Gasteiger partial charge in [0.2, 0.25) is 6.54 Å². The molecule has 4 heteroatoms. The molecule has 0 amide bonds. The van der Waals surface area contributed by atoms with Crippen LogP contribution in [0.25, 0.3) is 4.85 Å². The van der Waals surface area contributed by atoms with Crippen LogP contribution in [0.5, 0.6) is 0 Å². The summed E-state index contributed by atoms with van der Waals surface area (Å²) in [5, 5.41) is 0. The molecular formula is C18H28NO2P. The molecule has 0 radical (unpaired) electrons. The molecule has 0 spiro atoms. The Bertz CT molecular complexity index is 405. The van der Waals surface area contributed by atoms with Crippen LogP contribution < -0.4 is 0 Å². The van der Waals surface area contributed by atoms with Crippen LogP contribution in [-0.4, -0.2) is 26.4 Å². The molecule has 0 saturated heterocycles. The summed E-state index contributed by atoms with van der Waals surface area (Å²) in [5.74, 6) is 0. The van der Waals surface area contributed by atoms with Crippen molar-refractivity contribution in [2.24, 2.45) is 0 Å². The van der Waals surface area contributed by atoms with Gasteiger partial charge in [0.05, 0.1) is 6.61 Å². The summed E-state index contributed by atoms with van der Waals surface area (Å²) in [6.07, 6.45) is 8.75. The molecule has 0 aliphatic rings. The van der Waals surface area contributed by atoms with Crippen molar-refractivity contribution in [2.75, 3.05) is 26.4 Å². The highest BCUT2D eigenvalue weighted by Gasteiger charge is 2.03. The first-order valence-corrected chi connectivity index (χ1v) is 9.82. The zero-order valence-corrected chi connectivity index (χ0v) is 14.6. The Morgan fingerprint density at radius 2 is 1.55 bits per heavy atom. The number of hydrogen-bond donors (Lipinski definition) is 0. The van der Waals surface area contributed by atoms with Crippen LogP contribution in [0, 0.1) is 6.57 Å². The lowest BCUT2D eigenvalue weighted by Crippen LogP contribution is -1.96. The molecule has 1 aromatic rings. The Kier molecular flexibility index (Phi) is 11.9. The molecular weight excluding hydrogens is 293 g/mol. The topological polar surface area (TPSA) is 22.8 Å². The minimum atomic E-state index is -0.792. The molecule has 0 bridgehead atoms. The van der Waals surface area contributed by atoms with Crippen molar-refractivity contribution in [1.82, 2.24) is 0 Å². The maximum Gasteiger partial charge on any atom is 0.238 e. The Morgan fingerprint density at radius 3 is 2.27 bits per heavy atom. The van der Waals surface area contributed by atoms with Crippen molar-refractivity contribution in [2.45, 2.75) is 44.9 Å². The number of unbranched alkanes of at least 4 members (excludes halogenated alkanes) is 5. The predicted octanol–water partition coefficient (Wildman–Crippen LogP) is 5.46. The summed E-state index contributed by atoms with van der Waals surface area (Å²) in [5.41, 5.74) is 1.45. The van der Waals surface area contributed by atoms with Gasteiger partial charge in [-0.1, -0.05) is 56.0 Å². The summed E-state index contributed by atoms with van der Waals surface area (Å²) in [4.78, 5) is 3.25. The molecule has 22 heavy (non-hydrogen) atoms. The fourth-order valence-electron chi connectivity index (χ4n) is 2.23. The Balaban J connectivity index is 1.83. The molecule has 1 atom stereocenters. The lowest BCUT2D eigenvalue weighted by atomic mass is 10.1. The largest absolute Gasteiger partial charge is 0.334 e. The fourth-order valence-corrected chi connectivity index (χ4v) is 3.03. The van der Waals surface area contributed by atoms with E-state index >= 15 is 0 Å². The maximum absolute atomic E-state index is 6.67. The standard InChI is InChI=1S/C18H28NO2P/c1-19-15-17-21-22(2)20-16-11-6-4-3-5-8-12-18-13-9-7-10-14-18/h7,9-10,13-14H,3-6,8,11-12,15-17H2,2H3. The van der Waals surface area contributed by atoms with Crippen LogP contribution in [0.3, 0.4) is 0 Å². The predicted molar refractivity (Wildman–Crippen MR) is 94.1 cm³/mol. The van der Waals surface area contributed by atoms with Gasteiger partial charge in [0.15, 0.2) is 8.38 Å². The van der Waals surface area contributed by atoms with E-state index in [2.05, 4.69) is 35.2 Å². The summed E-state index contributed by atoms with van der Waals surface area (Å²) in [7, 11) is -0.792. The average Bonchev–Trinajstić information content (AvgIpc) is 2.54. The summed E-state index contributed by atoms with van der Waals surface area (Å²) in [6.45, 7) is 10.3. The first-order chi connectivity index (χ1) is 10.8. The molecule has 0 aromatic heterocycles. The van der Waals surface area contributed by atoms with E-state index in [-0.39, 0.29) is 0 Å². The molecule has 0 heterocycles. The van der Waals surface area contributed by atoms with Gasteiger partial charge in [-0.15, -0.1) is 0 Å². The monoisotopic (exact) mass is 321 g/mol. The van der Waals surface area contributed by atoms with E-state index in [1.54, 1.807) is 0 Å². The van der Waals surface area contributed by atoms with E-state index in [1.165, 1.54) is 44.1 Å². The fraction of sp³-hybridized carbons (Fsp3) is 0.611. The number of hydrogen-bond acceptors (Lipinski definition) is 2. The minimum absolute atomic E-state index is 0.430. The van der Waals surface area contributed by atoms with E-state index in [0.29, 0.717) is 13.2 Å². The van der Waals surface area contributed by atoms with Gasteiger partial charge in [0.1, 0.15) is 6.61 Å². The van der Waals surface area contributed by atoms with Gasteiger partial charge in [-0.3, -0.25) is 0 Å². The molecule has 0 aliphatic heterocycles. The number of aryl methyl sites for hydroxylation is 1. The lowest BCUT2D eigenvalue weighted by Gasteiger charge is -2.11. The van der Waals surface area contributed by atoms with E-state index in [4.69, 9.17) is 15.6 Å². The van der Waals surface area contributed by atoms with Crippen LogP contribution in [0.1, 0.15) is 44.1 Å². The van der Waals surface area contributed by atoms with Crippen LogP contribution in [0.4, 0.5) is 0 Å². The van der Waals surface area contributed by atoms with Crippen LogP contribution >= 0.6 is 8.38 Å². The number of rotatable bonds is 13. The zero-order chi connectivity index (χ0) is 15.9. The Labute approximate surface area is 136 Å². The van der Waals surface area contributed by atoms with Crippen LogP contribution in [-0.2, 0) is 15.5 Å². The Hall–Kier alpha value is -0.940. The molecule has 122 valence electrons. The summed E-state index contributed by atoms with van der Waals surface area (Å²) >= 11 is 0. The minimum Gasteiger partial charge on any atom is -0.334 e.